The summed E-state index contributed by atoms with van der Waals surface area (Å²) in [6.45, 7) is 9.51. The maximum Gasteiger partial charge on any atom is -0.0443 e. The highest BCUT2D eigenvalue weighted by Gasteiger charge is 2.03. The molecular weight excluding hydrogens is 252 g/mol. The van der Waals surface area contributed by atoms with Crippen molar-refractivity contribution in [2.45, 2.75) is 124 Å². The Morgan fingerprint density at radius 2 is 0.714 bits per heavy atom. The minimum absolute atomic E-state index is 0.967. The lowest BCUT2D eigenvalue weighted by atomic mass is 9.94. The van der Waals surface area contributed by atoms with Gasteiger partial charge in [0.25, 0.3) is 0 Å². The predicted molar refractivity (Wildman–Crippen MR) is 98.9 cm³/mol. The number of hydrogen-bond donors (Lipinski definition) is 0. The van der Waals surface area contributed by atoms with Gasteiger partial charge in [-0.25, -0.2) is 0 Å². The van der Waals surface area contributed by atoms with Gasteiger partial charge in [0, 0.05) is 0 Å². The van der Waals surface area contributed by atoms with Crippen molar-refractivity contribution in [3.05, 3.63) is 0 Å². The highest BCUT2D eigenvalue weighted by molar-refractivity contribution is 4.57. The summed E-state index contributed by atoms with van der Waals surface area (Å²) < 4.78 is 0. The monoisotopic (exact) mass is 296 g/mol. The third kappa shape index (κ3) is 16.2. The van der Waals surface area contributed by atoms with Gasteiger partial charge in [0.2, 0.25) is 0 Å². The zero-order chi connectivity index (χ0) is 15.8. The summed E-state index contributed by atoms with van der Waals surface area (Å²) in [5.74, 6) is 1.93. The standard InChI is InChI=1S/C21H44/c1-5-7-9-13-17-21(4)19-15-11-10-14-18-20(3)16-12-8-6-2/h20-21H,5-19H2,1-4H3. The minimum Gasteiger partial charge on any atom is -0.0654 e. The smallest absolute Gasteiger partial charge is 0.0443 e. The molecule has 0 aromatic carbocycles. The highest BCUT2D eigenvalue weighted by Crippen LogP contribution is 2.20. The van der Waals surface area contributed by atoms with Gasteiger partial charge in [-0.1, -0.05) is 124 Å². The molecule has 2 atom stereocenters. The molecule has 0 rings (SSSR count). The Hall–Kier alpha value is 0. The Labute approximate surface area is 136 Å². The van der Waals surface area contributed by atoms with Crippen LogP contribution in [0.3, 0.4) is 0 Å². The van der Waals surface area contributed by atoms with Gasteiger partial charge >= 0.3 is 0 Å². The molecule has 0 aliphatic heterocycles. The van der Waals surface area contributed by atoms with Crippen molar-refractivity contribution in [3.63, 3.8) is 0 Å². The Morgan fingerprint density at radius 3 is 1.10 bits per heavy atom. The van der Waals surface area contributed by atoms with E-state index in [9.17, 15) is 0 Å². The van der Waals surface area contributed by atoms with E-state index in [4.69, 9.17) is 0 Å². The SMILES string of the molecule is CCCCCCC(C)CCCCCCC(C)CCCCC. The quantitative estimate of drug-likeness (QED) is 0.252. The lowest BCUT2D eigenvalue weighted by Gasteiger charge is -2.12. The second kappa shape index (κ2) is 16.4. The van der Waals surface area contributed by atoms with Gasteiger partial charge in [0.05, 0.1) is 0 Å². The van der Waals surface area contributed by atoms with Crippen LogP contribution in [0.1, 0.15) is 124 Å². The average molecular weight is 297 g/mol. The molecule has 0 fully saturated rings. The maximum atomic E-state index is 2.46. The highest BCUT2D eigenvalue weighted by atomic mass is 14.1. The van der Waals surface area contributed by atoms with Crippen LogP contribution in [0.25, 0.3) is 0 Å². The molecule has 0 heterocycles. The maximum absolute atomic E-state index is 2.46. The van der Waals surface area contributed by atoms with Crippen LogP contribution in [0.4, 0.5) is 0 Å². The van der Waals surface area contributed by atoms with Gasteiger partial charge < -0.3 is 0 Å². The summed E-state index contributed by atoms with van der Waals surface area (Å²) >= 11 is 0. The molecule has 0 saturated heterocycles. The van der Waals surface area contributed by atoms with Crippen molar-refractivity contribution in [1.29, 1.82) is 0 Å². The van der Waals surface area contributed by atoms with E-state index < -0.39 is 0 Å². The lowest BCUT2D eigenvalue weighted by Crippen LogP contribution is -1.96. The molecule has 0 aromatic rings. The molecule has 0 aromatic heterocycles. The molecular formula is C21H44. The summed E-state index contributed by atoms with van der Waals surface area (Å²) in [6.07, 6.45) is 21.7. The van der Waals surface area contributed by atoms with Crippen molar-refractivity contribution < 1.29 is 0 Å². The topological polar surface area (TPSA) is 0 Å². The molecule has 21 heavy (non-hydrogen) atoms. The molecule has 0 N–H and O–H groups in total. The number of rotatable bonds is 16. The lowest BCUT2D eigenvalue weighted by molar-refractivity contribution is 0.415. The molecule has 0 heteroatoms. The Morgan fingerprint density at radius 1 is 0.429 bits per heavy atom. The summed E-state index contributed by atoms with van der Waals surface area (Å²) in [5, 5.41) is 0. The first-order valence-corrected chi connectivity index (χ1v) is 10.2. The zero-order valence-corrected chi connectivity index (χ0v) is 15.8. The van der Waals surface area contributed by atoms with E-state index in [1.54, 1.807) is 0 Å². The van der Waals surface area contributed by atoms with Crippen LogP contribution in [-0.2, 0) is 0 Å². The van der Waals surface area contributed by atoms with E-state index in [0.717, 1.165) is 11.8 Å². The predicted octanol–water partition coefficient (Wildman–Crippen LogP) is 8.15. The molecule has 2 unspecified atom stereocenters. The fourth-order valence-electron chi connectivity index (χ4n) is 3.29. The van der Waals surface area contributed by atoms with E-state index in [-0.39, 0.29) is 0 Å². The fraction of sp³-hybridized carbons (Fsp3) is 1.00. The van der Waals surface area contributed by atoms with E-state index in [1.807, 2.05) is 0 Å². The first kappa shape index (κ1) is 21.0. The van der Waals surface area contributed by atoms with Gasteiger partial charge in [-0.05, 0) is 11.8 Å². The van der Waals surface area contributed by atoms with Crippen molar-refractivity contribution in [1.82, 2.24) is 0 Å². The van der Waals surface area contributed by atoms with E-state index in [1.165, 1.54) is 96.3 Å². The van der Waals surface area contributed by atoms with Crippen LogP contribution in [0.5, 0.6) is 0 Å². The Kier molecular flexibility index (Phi) is 16.4. The second-order valence-corrected chi connectivity index (χ2v) is 7.55. The van der Waals surface area contributed by atoms with Crippen LogP contribution in [0.2, 0.25) is 0 Å². The van der Waals surface area contributed by atoms with Gasteiger partial charge in [-0.3, -0.25) is 0 Å². The Bertz CT molecular complexity index is 184. The van der Waals surface area contributed by atoms with Gasteiger partial charge in [0.15, 0.2) is 0 Å². The van der Waals surface area contributed by atoms with Crippen LogP contribution < -0.4 is 0 Å². The van der Waals surface area contributed by atoms with Gasteiger partial charge in [-0.2, -0.15) is 0 Å². The molecule has 0 aliphatic rings. The van der Waals surface area contributed by atoms with Crippen LogP contribution in [0, 0.1) is 11.8 Å². The first-order chi connectivity index (χ1) is 10.2. The minimum atomic E-state index is 0.967. The van der Waals surface area contributed by atoms with Crippen molar-refractivity contribution in [3.8, 4) is 0 Å². The van der Waals surface area contributed by atoms with E-state index in [0.29, 0.717) is 0 Å². The molecule has 0 nitrogen and oxygen atoms in total. The summed E-state index contributed by atoms with van der Waals surface area (Å²) in [6, 6.07) is 0. The summed E-state index contributed by atoms with van der Waals surface area (Å²) in [4.78, 5) is 0. The van der Waals surface area contributed by atoms with Gasteiger partial charge in [0.1, 0.15) is 0 Å². The zero-order valence-electron chi connectivity index (χ0n) is 15.8. The average Bonchev–Trinajstić information content (AvgIpc) is 2.47. The third-order valence-corrected chi connectivity index (χ3v) is 4.99. The van der Waals surface area contributed by atoms with Crippen LogP contribution in [-0.4, -0.2) is 0 Å². The normalized spacial score (nSPS) is 14.3. The largest absolute Gasteiger partial charge is 0.0654 e. The van der Waals surface area contributed by atoms with E-state index >= 15 is 0 Å². The summed E-state index contributed by atoms with van der Waals surface area (Å²) in [5.41, 5.74) is 0. The van der Waals surface area contributed by atoms with E-state index in [2.05, 4.69) is 27.7 Å². The third-order valence-electron chi connectivity index (χ3n) is 4.99. The molecule has 0 bridgehead atoms. The molecule has 0 aliphatic carbocycles. The molecule has 0 saturated carbocycles. The van der Waals surface area contributed by atoms with Crippen LogP contribution in [0.15, 0.2) is 0 Å². The Balaban J connectivity index is 3.23. The molecule has 0 radical (unpaired) electrons. The second-order valence-electron chi connectivity index (χ2n) is 7.55. The summed E-state index contributed by atoms with van der Waals surface area (Å²) in [7, 11) is 0. The van der Waals surface area contributed by atoms with Crippen molar-refractivity contribution in [2.24, 2.45) is 11.8 Å². The van der Waals surface area contributed by atoms with Crippen molar-refractivity contribution >= 4 is 0 Å². The van der Waals surface area contributed by atoms with Crippen molar-refractivity contribution in [2.75, 3.05) is 0 Å². The van der Waals surface area contributed by atoms with Gasteiger partial charge in [-0.15, -0.1) is 0 Å². The number of hydrogen-bond acceptors (Lipinski definition) is 0. The fourth-order valence-corrected chi connectivity index (χ4v) is 3.29. The molecule has 0 spiro atoms. The molecule has 0 amide bonds. The van der Waals surface area contributed by atoms with Crippen LogP contribution >= 0.6 is 0 Å². The number of unbranched alkanes of at least 4 members (excludes halogenated alkanes) is 8. The molecule has 128 valence electrons. The first-order valence-electron chi connectivity index (χ1n) is 10.2.